The van der Waals surface area contributed by atoms with E-state index < -0.39 is 9.84 Å². The quantitative estimate of drug-likeness (QED) is 0.789. The topological polar surface area (TPSA) is 34.1 Å². The van der Waals surface area contributed by atoms with Gasteiger partial charge in [0.05, 0.1) is 4.90 Å². The maximum absolute atomic E-state index is 11.1. The summed E-state index contributed by atoms with van der Waals surface area (Å²) in [6.07, 6.45) is 1.22. The molecule has 18 heavy (non-hydrogen) atoms. The Morgan fingerprint density at radius 2 is 1.28 bits per heavy atom. The van der Waals surface area contributed by atoms with Gasteiger partial charge >= 0.3 is 0 Å². The van der Waals surface area contributed by atoms with Gasteiger partial charge in [0.1, 0.15) is 0 Å². The molecule has 0 bridgehead atoms. The Kier molecular flexibility index (Phi) is 5.10. The number of hydrogen-bond acceptors (Lipinski definition) is 2. The second-order valence-corrected chi connectivity index (χ2v) is 6.18. The molecule has 0 fully saturated rings. The van der Waals surface area contributed by atoms with Gasteiger partial charge in [-0.2, -0.15) is 0 Å². The lowest BCUT2D eigenvalue weighted by atomic mass is 10.2. The van der Waals surface area contributed by atoms with E-state index in [1.54, 1.807) is 25.1 Å². The monoisotopic (exact) mass is 262 g/mol. The largest absolute Gasteiger partial charge is 0.224 e. The molecule has 2 aromatic carbocycles. The third-order valence-corrected chi connectivity index (χ3v) is 3.69. The van der Waals surface area contributed by atoms with E-state index in [9.17, 15) is 8.42 Å². The molecule has 0 radical (unpaired) electrons. The van der Waals surface area contributed by atoms with Crippen LogP contribution in [0, 0.1) is 13.8 Å². The molecule has 2 nitrogen and oxygen atoms in total. The summed E-state index contributed by atoms with van der Waals surface area (Å²) in [5, 5.41) is 0. The first-order valence-corrected chi connectivity index (χ1v) is 7.58. The molecule has 2 aromatic rings. The van der Waals surface area contributed by atoms with Crippen LogP contribution in [0.2, 0.25) is 0 Å². The smallest absolute Gasteiger partial charge is 0.175 e. The SMILES string of the molecule is Cc1ccccc1.Cc1ccccc1S(C)(=O)=O. The number of aryl methyl sites for hydroxylation is 2. The fraction of sp³-hybridized carbons (Fsp3) is 0.200. The molecule has 0 N–H and O–H groups in total. The van der Waals surface area contributed by atoms with Crippen molar-refractivity contribution in [3.05, 3.63) is 65.7 Å². The van der Waals surface area contributed by atoms with Crippen molar-refractivity contribution in [2.75, 3.05) is 6.26 Å². The van der Waals surface area contributed by atoms with Crippen LogP contribution in [0.5, 0.6) is 0 Å². The first-order chi connectivity index (χ1) is 8.41. The van der Waals surface area contributed by atoms with E-state index in [0.717, 1.165) is 5.56 Å². The van der Waals surface area contributed by atoms with Crippen molar-refractivity contribution < 1.29 is 8.42 Å². The van der Waals surface area contributed by atoms with Gasteiger partial charge in [-0.3, -0.25) is 0 Å². The van der Waals surface area contributed by atoms with Crippen molar-refractivity contribution in [1.82, 2.24) is 0 Å². The summed E-state index contributed by atoms with van der Waals surface area (Å²) in [5.41, 5.74) is 2.12. The Hall–Kier alpha value is -1.61. The highest BCUT2D eigenvalue weighted by atomic mass is 32.2. The highest BCUT2D eigenvalue weighted by Crippen LogP contribution is 2.12. The Morgan fingerprint density at radius 3 is 1.61 bits per heavy atom. The van der Waals surface area contributed by atoms with Crippen molar-refractivity contribution in [1.29, 1.82) is 0 Å². The van der Waals surface area contributed by atoms with Gasteiger partial charge in [-0.1, -0.05) is 54.1 Å². The molecule has 0 atom stereocenters. The van der Waals surface area contributed by atoms with E-state index in [2.05, 4.69) is 19.1 Å². The van der Waals surface area contributed by atoms with Gasteiger partial charge in [0.25, 0.3) is 0 Å². The highest BCUT2D eigenvalue weighted by Gasteiger charge is 2.07. The Balaban J connectivity index is 0.000000199. The number of sulfone groups is 1. The van der Waals surface area contributed by atoms with Crippen LogP contribution in [0.15, 0.2) is 59.5 Å². The summed E-state index contributed by atoms with van der Waals surface area (Å²) in [7, 11) is -3.03. The zero-order chi connectivity index (χ0) is 13.6. The Bertz CT molecular complexity index is 587. The molecule has 0 saturated heterocycles. The van der Waals surface area contributed by atoms with E-state index in [0.29, 0.717) is 4.90 Å². The molecule has 0 unspecified atom stereocenters. The van der Waals surface area contributed by atoms with Gasteiger partial charge in [0, 0.05) is 6.26 Å². The maximum Gasteiger partial charge on any atom is 0.175 e. The van der Waals surface area contributed by atoms with Crippen molar-refractivity contribution in [3.63, 3.8) is 0 Å². The molecule has 0 aliphatic carbocycles. The second-order valence-electron chi connectivity index (χ2n) is 4.19. The Labute approximate surface area is 109 Å². The molecule has 2 rings (SSSR count). The summed E-state index contributed by atoms with van der Waals surface area (Å²) < 4.78 is 22.1. The summed E-state index contributed by atoms with van der Waals surface area (Å²) in [4.78, 5) is 0.417. The highest BCUT2D eigenvalue weighted by molar-refractivity contribution is 7.90. The third-order valence-electron chi connectivity index (χ3n) is 2.43. The van der Waals surface area contributed by atoms with Crippen LogP contribution in [-0.2, 0) is 9.84 Å². The van der Waals surface area contributed by atoms with Crippen molar-refractivity contribution >= 4 is 9.84 Å². The van der Waals surface area contributed by atoms with E-state index in [1.165, 1.54) is 11.8 Å². The predicted molar refractivity (Wildman–Crippen MR) is 75.5 cm³/mol. The van der Waals surface area contributed by atoms with Crippen LogP contribution in [0.4, 0.5) is 0 Å². The van der Waals surface area contributed by atoms with Crippen LogP contribution in [0.25, 0.3) is 0 Å². The van der Waals surface area contributed by atoms with Gasteiger partial charge in [0.15, 0.2) is 9.84 Å². The van der Waals surface area contributed by atoms with Crippen LogP contribution in [0.1, 0.15) is 11.1 Å². The lowest BCUT2D eigenvalue weighted by Crippen LogP contribution is -1.98. The normalized spacial score (nSPS) is 10.4. The number of rotatable bonds is 1. The van der Waals surface area contributed by atoms with E-state index in [4.69, 9.17) is 0 Å². The van der Waals surface area contributed by atoms with Crippen LogP contribution >= 0.6 is 0 Å². The minimum Gasteiger partial charge on any atom is -0.224 e. The van der Waals surface area contributed by atoms with Gasteiger partial charge in [0.2, 0.25) is 0 Å². The lowest BCUT2D eigenvalue weighted by Gasteiger charge is -2.00. The molecule has 0 aliphatic heterocycles. The summed E-state index contributed by atoms with van der Waals surface area (Å²) >= 11 is 0. The summed E-state index contributed by atoms with van der Waals surface area (Å²) in [5.74, 6) is 0. The zero-order valence-electron chi connectivity index (χ0n) is 10.9. The number of hydrogen-bond donors (Lipinski definition) is 0. The van der Waals surface area contributed by atoms with Crippen molar-refractivity contribution in [3.8, 4) is 0 Å². The van der Waals surface area contributed by atoms with Crippen LogP contribution in [0.3, 0.4) is 0 Å². The molecular formula is C15H18O2S. The van der Waals surface area contributed by atoms with Crippen LogP contribution in [-0.4, -0.2) is 14.7 Å². The maximum atomic E-state index is 11.1. The molecule has 0 amide bonds. The summed E-state index contributed by atoms with van der Waals surface area (Å²) in [6, 6.07) is 17.2. The predicted octanol–water partition coefficient (Wildman–Crippen LogP) is 3.39. The van der Waals surface area contributed by atoms with Gasteiger partial charge < -0.3 is 0 Å². The number of benzene rings is 2. The van der Waals surface area contributed by atoms with Crippen molar-refractivity contribution in [2.45, 2.75) is 18.7 Å². The lowest BCUT2D eigenvalue weighted by molar-refractivity contribution is 0.601. The average molecular weight is 262 g/mol. The van der Waals surface area contributed by atoms with Gasteiger partial charge in [-0.15, -0.1) is 0 Å². The molecule has 0 aromatic heterocycles. The molecule has 0 aliphatic rings. The molecule has 0 saturated carbocycles. The van der Waals surface area contributed by atoms with Gasteiger partial charge in [-0.25, -0.2) is 8.42 Å². The molecule has 96 valence electrons. The fourth-order valence-electron chi connectivity index (χ4n) is 1.51. The first-order valence-electron chi connectivity index (χ1n) is 5.68. The third kappa shape index (κ3) is 4.72. The first kappa shape index (κ1) is 14.5. The second kappa shape index (κ2) is 6.36. The molecule has 0 heterocycles. The van der Waals surface area contributed by atoms with E-state index in [1.807, 2.05) is 24.3 Å². The van der Waals surface area contributed by atoms with E-state index >= 15 is 0 Å². The standard InChI is InChI=1S/C8H10O2S.C7H8/c1-7-5-3-4-6-8(7)11(2,9)10;1-7-5-3-2-4-6-7/h3-6H,1-2H3;2-6H,1H3. The van der Waals surface area contributed by atoms with E-state index in [-0.39, 0.29) is 0 Å². The zero-order valence-corrected chi connectivity index (χ0v) is 11.7. The Morgan fingerprint density at radius 1 is 0.778 bits per heavy atom. The van der Waals surface area contributed by atoms with Gasteiger partial charge in [-0.05, 0) is 25.5 Å². The average Bonchev–Trinajstić information content (AvgIpc) is 2.30. The summed E-state index contributed by atoms with van der Waals surface area (Å²) in [6.45, 7) is 3.87. The molecule has 0 spiro atoms. The van der Waals surface area contributed by atoms with Crippen LogP contribution < -0.4 is 0 Å². The molecular weight excluding hydrogens is 244 g/mol. The van der Waals surface area contributed by atoms with Crippen molar-refractivity contribution in [2.24, 2.45) is 0 Å². The minimum absolute atomic E-state index is 0.417. The minimum atomic E-state index is -3.03. The fourth-order valence-corrected chi connectivity index (χ4v) is 2.49. The molecule has 3 heteroatoms.